The molecular weight excluding hydrogens is 624 g/mol. The molecule has 5 rings (SSSR count). The van der Waals surface area contributed by atoms with Gasteiger partial charge in [0.2, 0.25) is 11.4 Å². The second-order valence-corrected chi connectivity index (χ2v) is 12.8. The van der Waals surface area contributed by atoms with Crippen LogP contribution in [0.2, 0.25) is 5.02 Å². The van der Waals surface area contributed by atoms with E-state index >= 15 is 0 Å². The molecule has 47 heavy (non-hydrogen) atoms. The third kappa shape index (κ3) is 7.78. The molecule has 1 aliphatic heterocycles. The number of rotatable bonds is 13. The van der Waals surface area contributed by atoms with E-state index in [1.165, 1.54) is 0 Å². The zero-order valence-electron chi connectivity index (χ0n) is 27.0. The van der Waals surface area contributed by atoms with Gasteiger partial charge >= 0.3 is 17.8 Å². The monoisotopic (exact) mass is 664 g/mol. The van der Waals surface area contributed by atoms with Crippen LogP contribution in [0.25, 0.3) is 0 Å². The van der Waals surface area contributed by atoms with Crippen LogP contribution in [0.15, 0.2) is 71.1 Å². The van der Waals surface area contributed by atoms with Crippen LogP contribution in [0.4, 0.5) is 5.69 Å². The number of carbonyl (C=O) groups is 1. The molecule has 10 nitrogen and oxygen atoms in total. The van der Waals surface area contributed by atoms with Gasteiger partial charge < -0.3 is 33.9 Å². The van der Waals surface area contributed by atoms with Gasteiger partial charge in [0.25, 0.3) is 0 Å². The molecule has 0 saturated heterocycles. The number of hydrogen-bond acceptors (Lipinski definition) is 6. The van der Waals surface area contributed by atoms with Crippen molar-refractivity contribution in [1.82, 2.24) is 0 Å². The molecule has 2 heterocycles. The lowest BCUT2D eigenvalue weighted by Gasteiger charge is -2.23. The first-order chi connectivity index (χ1) is 22.5. The second-order valence-electron chi connectivity index (χ2n) is 12.4. The van der Waals surface area contributed by atoms with E-state index in [9.17, 15) is 20.1 Å². The third-order valence-corrected chi connectivity index (χ3v) is 8.46. The second kappa shape index (κ2) is 14.6. The quantitative estimate of drug-likeness (QED) is 0.159. The Balaban J connectivity index is 1.61. The molecule has 0 fully saturated rings. The first-order valence-electron chi connectivity index (χ1n) is 15.4. The smallest absolute Gasteiger partial charge is 0.370 e. The van der Waals surface area contributed by atoms with Crippen molar-refractivity contribution in [3.05, 3.63) is 106 Å². The van der Waals surface area contributed by atoms with Crippen molar-refractivity contribution in [2.24, 2.45) is 5.41 Å². The molecule has 4 N–H and O–H groups in total. The van der Waals surface area contributed by atoms with E-state index in [0.29, 0.717) is 63.5 Å². The maximum atomic E-state index is 12.0. The Labute approximate surface area is 278 Å². The lowest BCUT2D eigenvalue weighted by Crippen LogP contribution is -2.38. The Morgan fingerprint density at radius 2 is 1.79 bits per heavy atom. The van der Waals surface area contributed by atoms with Crippen LogP contribution >= 0.6 is 11.6 Å². The predicted molar refractivity (Wildman–Crippen MR) is 175 cm³/mol. The summed E-state index contributed by atoms with van der Waals surface area (Å²) >= 11 is 6.55. The molecule has 0 bridgehead atoms. The normalized spacial score (nSPS) is 16.5. The van der Waals surface area contributed by atoms with Crippen LogP contribution in [0, 0.1) is 5.41 Å². The van der Waals surface area contributed by atoms with Gasteiger partial charge in [-0.2, -0.15) is 9.56 Å². The van der Waals surface area contributed by atoms with Crippen LogP contribution in [-0.4, -0.2) is 65.2 Å². The maximum Gasteiger partial charge on any atom is 0.370 e. The summed E-state index contributed by atoms with van der Waals surface area (Å²) < 4.78 is 26.0. The van der Waals surface area contributed by atoms with Crippen molar-refractivity contribution in [2.45, 2.75) is 51.7 Å². The molecule has 0 amide bonds. The van der Waals surface area contributed by atoms with E-state index in [-0.39, 0.29) is 31.9 Å². The molecular formula is C36H41ClN2O8+2. The number of aliphatic hydroxyl groups excluding tert-OH is 2. The van der Waals surface area contributed by atoms with Crippen molar-refractivity contribution in [2.75, 3.05) is 27.4 Å². The van der Waals surface area contributed by atoms with Crippen molar-refractivity contribution in [1.29, 1.82) is 0 Å². The molecule has 0 aliphatic carbocycles. The lowest BCUT2D eigenvalue weighted by molar-refractivity contribution is -0.470. The van der Waals surface area contributed by atoms with E-state index < -0.39 is 23.6 Å². The van der Waals surface area contributed by atoms with Gasteiger partial charge in [-0.3, -0.25) is 4.79 Å². The molecule has 248 valence electrons. The number of benzene rings is 3. The molecule has 0 unspecified atom stereocenters. The zero-order chi connectivity index (χ0) is 33.7. The van der Waals surface area contributed by atoms with E-state index in [1.54, 1.807) is 37.0 Å². The highest BCUT2D eigenvalue weighted by atomic mass is 35.5. The molecule has 0 radical (unpaired) electrons. The molecule has 0 spiro atoms. The standard InChI is InChI=1S/C36H39ClN2O8/c1-36(2,21-40)20-39-27-16-14-23(37)17-25(27)33(24-11-8-12-28(44-3)34(24)45-4)47-30(35(39)43)18-31-38-26(29(46-31)19-32(41)42)15-13-22-9-6-5-7-10-22/h5-12,14,16-17,30,33,40H,13,15,18-21H2,1-4H3,(H,41,42)/p+2/t30-,33-/m1/s1. The van der Waals surface area contributed by atoms with Crippen LogP contribution in [-0.2, 0) is 35.2 Å². The minimum absolute atomic E-state index is 0.0460. The molecule has 4 aromatic rings. The number of carboxylic acids is 1. The summed E-state index contributed by atoms with van der Waals surface area (Å²) in [4.78, 5) is 15.0. The van der Waals surface area contributed by atoms with Crippen molar-refractivity contribution >= 4 is 29.2 Å². The maximum absolute atomic E-state index is 12.0. The van der Waals surface area contributed by atoms with Gasteiger partial charge in [-0.15, -0.1) is 0 Å². The number of carboxylic acid groups (broad SMARTS) is 1. The Kier molecular flexibility index (Phi) is 10.5. The molecule has 1 aliphatic rings. The minimum atomic E-state index is -1.02. The van der Waals surface area contributed by atoms with Gasteiger partial charge in [0, 0.05) is 28.5 Å². The molecule has 0 saturated carbocycles. The Bertz CT molecular complexity index is 1750. The van der Waals surface area contributed by atoms with E-state index in [2.05, 4.69) is 4.98 Å². The van der Waals surface area contributed by atoms with Gasteiger partial charge in [-0.1, -0.05) is 67.9 Å². The number of methoxy groups -OCH3 is 2. The number of fused-ring (bicyclic) bond motifs is 1. The van der Waals surface area contributed by atoms with E-state index in [1.807, 2.05) is 62.4 Å². The fourth-order valence-corrected chi connectivity index (χ4v) is 6.03. The van der Waals surface area contributed by atoms with Crippen LogP contribution in [0.5, 0.6) is 11.5 Å². The zero-order valence-corrected chi connectivity index (χ0v) is 27.7. The summed E-state index contributed by atoms with van der Waals surface area (Å²) in [6, 6.07) is 20.7. The number of nitrogens with one attached hydrogen (secondary N) is 1. The SMILES string of the molecule is COc1cccc([C@H]2O[C@H](Cc3[nH+]c(CCc4ccccc4)c(CC(=O)O)o3)C(O)=[N+](CC(C)(C)CO)c3ccc(Cl)cc32)c1OC. The highest BCUT2D eigenvalue weighted by Crippen LogP contribution is 2.44. The number of nitrogens with zero attached hydrogens (tertiary/aromatic N) is 1. The number of hydrogen-bond donors (Lipinski definition) is 3. The van der Waals surface area contributed by atoms with E-state index in [4.69, 9.17) is 30.2 Å². The third-order valence-electron chi connectivity index (χ3n) is 8.22. The largest absolute Gasteiger partial charge is 0.493 e. The van der Waals surface area contributed by atoms with Gasteiger partial charge in [-0.05, 0) is 30.2 Å². The number of H-pyrrole nitrogens is 1. The van der Waals surface area contributed by atoms with Gasteiger partial charge in [0.05, 0.1) is 26.4 Å². The first-order valence-corrected chi connectivity index (χ1v) is 15.8. The summed E-state index contributed by atoms with van der Waals surface area (Å²) in [5, 5.41) is 32.3. The highest BCUT2D eigenvalue weighted by Gasteiger charge is 2.43. The Hall–Kier alpha value is -4.38. The summed E-state index contributed by atoms with van der Waals surface area (Å²) in [7, 11) is 3.10. The van der Waals surface area contributed by atoms with Crippen molar-refractivity contribution in [3.63, 3.8) is 0 Å². The number of aliphatic carboxylic acids is 1. The van der Waals surface area contributed by atoms with E-state index in [0.717, 1.165) is 5.56 Å². The molecule has 2 atom stereocenters. The number of halogens is 1. The predicted octanol–water partition coefficient (Wildman–Crippen LogP) is 5.53. The summed E-state index contributed by atoms with van der Waals surface area (Å²) in [6.07, 6.45) is -0.802. The number of aromatic amines is 1. The van der Waals surface area contributed by atoms with Crippen molar-refractivity contribution in [3.8, 4) is 11.5 Å². The van der Waals surface area contributed by atoms with Crippen molar-refractivity contribution < 1.29 is 48.3 Å². The fraction of sp³-hybridized carbons (Fsp3) is 0.361. The average molecular weight is 665 g/mol. The Morgan fingerprint density at radius 3 is 2.47 bits per heavy atom. The fourth-order valence-electron chi connectivity index (χ4n) is 5.85. The highest BCUT2D eigenvalue weighted by molar-refractivity contribution is 6.30. The summed E-state index contributed by atoms with van der Waals surface area (Å²) in [5.74, 6) is 0.513. The van der Waals surface area contributed by atoms with Gasteiger partial charge in [-0.25, -0.2) is 0 Å². The summed E-state index contributed by atoms with van der Waals surface area (Å²) in [6.45, 7) is 3.92. The number of oxazole rings is 1. The summed E-state index contributed by atoms with van der Waals surface area (Å²) in [5.41, 5.74) is 3.12. The van der Waals surface area contributed by atoms with Gasteiger partial charge in [0.15, 0.2) is 29.9 Å². The molecule has 3 aromatic carbocycles. The number of ether oxygens (including phenoxy) is 3. The number of para-hydroxylation sites is 1. The number of aromatic nitrogens is 1. The Morgan fingerprint density at radius 1 is 1.02 bits per heavy atom. The minimum Gasteiger partial charge on any atom is -0.493 e. The topological polar surface area (TPSA) is 136 Å². The number of aliphatic hydroxyl groups is 2. The van der Waals surface area contributed by atoms with Crippen LogP contribution in [0.3, 0.4) is 0 Å². The molecule has 11 heteroatoms. The van der Waals surface area contributed by atoms with Crippen LogP contribution in [0.1, 0.15) is 54.0 Å². The molecule has 1 aromatic heterocycles. The number of aryl methyl sites for hydroxylation is 2. The first kappa shape index (κ1) is 34.0. The lowest BCUT2D eigenvalue weighted by atomic mass is 9.93. The van der Waals surface area contributed by atoms with Crippen LogP contribution < -0.4 is 14.5 Å². The van der Waals surface area contributed by atoms with Gasteiger partial charge in [0.1, 0.15) is 18.9 Å². The average Bonchev–Trinajstić information content (AvgIpc) is 3.39.